The first-order chi connectivity index (χ1) is 14.3. The zero-order valence-electron chi connectivity index (χ0n) is 16.4. The number of rotatable bonds is 8. The van der Waals surface area contributed by atoms with Crippen molar-refractivity contribution in [3.63, 3.8) is 0 Å². The molecule has 1 heterocycles. The predicted octanol–water partition coefficient (Wildman–Crippen LogP) is -1.26. The van der Waals surface area contributed by atoms with Crippen LogP contribution in [0.3, 0.4) is 0 Å². The van der Waals surface area contributed by atoms with E-state index in [-0.39, 0.29) is 10.9 Å². The van der Waals surface area contributed by atoms with Gasteiger partial charge in [-0.3, -0.25) is 0 Å². The van der Waals surface area contributed by atoms with Crippen molar-refractivity contribution in [2.24, 2.45) is 0 Å². The van der Waals surface area contributed by atoms with Crippen molar-refractivity contribution < 1.29 is 39.8 Å². The molecule has 1 fully saturated rings. The first-order valence-electron chi connectivity index (χ1n) is 9.01. The number of nitrogens with one attached hydrogen (secondary N) is 1. The molecule has 1 aliphatic rings. The number of carbonyl (C=O) groups excluding carboxylic acids is 1. The summed E-state index contributed by atoms with van der Waals surface area (Å²) in [6.45, 7) is -0.801. The van der Waals surface area contributed by atoms with E-state index in [0.717, 1.165) is 11.8 Å². The topological polar surface area (TPSA) is 152 Å². The second kappa shape index (κ2) is 11.1. The molecular weight excluding hydrogens is 436 g/mol. The number of esters is 1. The molecule has 1 unspecified atom stereocenters. The van der Waals surface area contributed by atoms with E-state index in [9.17, 15) is 25.2 Å². The SMILES string of the molecule is COC(=O)[C@@H]1CSC([C@H](O)[C@@H](O)[C@H](O)[C@H](O)CO)N1C(=S)Nc1ccccc1OC. The maximum Gasteiger partial charge on any atom is 0.329 e. The molecule has 6 N–H and O–H groups in total. The summed E-state index contributed by atoms with van der Waals surface area (Å²) in [4.78, 5) is 13.7. The molecule has 0 bridgehead atoms. The van der Waals surface area contributed by atoms with Crippen LogP contribution in [0.4, 0.5) is 5.69 Å². The number of para-hydroxylation sites is 2. The van der Waals surface area contributed by atoms with Gasteiger partial charge in [0.2, 0.25) is 0 Å². The molecule has 1 aliphatic heterocycles. The minimum absolute atomic E-state index is 0.0633. The standard InChI is InChI=1S/C18H26N2O8S2/c1-27-12-6-4-3-5-9(12)19-18(29)20-10(17(26)28-2)8-30-16(20)15(25)14(24)13(23)11(22)7-21/h3-6,10-11,13-16,21-25H,7-8H2,1-2H3,(H,19,29)/t10-,11+,13+,14-,15+,16?/m0/s1. The third-order valence-electron chi connectivity index (χ3n) is 4.66. The summed E-state index contributed by atoms with van der Waals surface area (Å²) in [5, 5.41) is 51.6. The van der Waals surface area contributed by atoms with Gasteiger partial charge < -0.3 is 45.2 Å². The molecule has 0 amide bonds. The number of carbonyl (C=O) groups is 1. The summed E-state index contributed by atoms with van der Waals surface area (Å²) in [5.41, 5.74) is 0.523. The lowest BCUT2D eigenvalue weighted by molar-refractivity contribution is -0.146. The fourth-order valence-electron chi connectivity index (χ4n) is 3.00. The molecule has 12 heteroatoms. The number of thioether (sulfide) groups is 1. The van der Waals surface area contributed by atoms with E-state index in [4.69, 9.17) is 26.8 Å². The van der Waals surface area contributed by atoms with Crippen molar-refractivity contribution in [1.29, 1.82) is 0 Å². The minimum Gasteiger partial charge on any atom is -0.495 e. The fraction of sp³-hybridized carbons (Fsp3) is 0.556. The van der Waals surface area contributed by atoms with Crippen LogP contribution in [-0.2, 0) is 9.53 Å². The Bertz CT molecular complexity index is 740. The highest BCUT2D eigenvalue weighted by atomic mass is 32.2. The van der Waals surface area contributed by atoms with Crippen LogP contribution in [0.5, 0.6) is 5.75 Å². The first kappa shape index (κ1) is 24.6. The lowest BCUT2D eigenvalue weighted by Gasteiger charge is -2.36. The lowest BCUT2D eigenvalue weighted by Crippen LogP contribution is -2.56. The van der Waals surface area contributed by atoms with Gasteiger partial charge in [0.1, 0.15) is 41.6 Å². The number of methoxy groups -OCH3 is 2. The van der Waals surface area contributed by atoms with Crippen LogP contribution in [-0.4, -0.2) is 104 Å². The van der Waals surface area contributed by atoms with Crippen LogP contribution in [0.15, 0.2) is 24.3 Å². The van der Waals surface area contributed by atoms with Gasteiger partial charge in [-0.05, 0) is 24.4 Å². The molecule has 10 nitrogen and oxygen atoms in total. The highest BCUT2D eigenvalue weighted by molar-refractivity contribution is 8.00. The predicted molar refractivity (Wildman–Crippen MR) is 114 cm³/mol. The van der Waals surface area contributed by atoms with Crippen molar-refractivity contribution in [2.75, 3.05) is 31.9 Å². The molecule has 6 atom stereocenters. The summed E-state index contributed by atoms with van der Waals surface area (Å²) in [6.07, 6.45) is -6.87. The summed E-state index contributed by atoms with van der Waals surface area (Å²) in [5.74, 6) is 0.111. The maximum atomic E-state index is 12.3. The van der Waals surface area contributed by atoms with E-state index < -0.39 is 48.4 Å². The van der Waals surface area contributed by atoms with E-state index in [1.807, 2.05) is 0 Å². The van der Waals surface area contributed by atoms with E-state index in [0.29, 0.717) is 11.4 Å². The molecule has 0 spiro atoms. The molecule has 0 aliphatic carbocycles. The Morgan fingerprint density at radius 3 is 2.53 bits per heavy atom. The molecule has 30 heavy (non-hydrogen) atoms. The number of aliphatic hydroxyl groups is 5. The lowest BCUT2D eigenvalue weighted by atomic mass is 10.0. The summed E-state index contributed by atoms with van der Waals surface area (Å²) < 4.78 is 10.1. The van der Waals surface area contributed by atoms with Gasteiger partial charge >= 0.3 is 5.97 Å². The number of nitrogens with zero attached hydrogens (tertiary/aromatic N) is 1. The van der Waals surface area contributed by atoms with Crippen molar-refractivity contribution in [3.05, 3.63) is 24.3 Å². The van der Waals surface area contributed by atoms with Crippen molar-refractivity contribution >= 4 is 40.7 Å². The van der Waals surface area contributed by atoms with Gasteiger partial charge in [-0.25, -0.2) is 4.79 Å². The second-order valence-corrected chi connectivity index (χ2v) is 8.06. The summed E-state index contributed by atoms with van der Waals surface area (Å²) in [7, 11) is 2.71. The van der Waals surface area contributed by atoms with Gasteiger partial charge in [-0.1, -0.05) is 12.1 Å². The van der Waals surface area contributed by atoms with Gasteiger partial charge in [-0.15, -0.1) is 11.8 Å². The van der Waals surface area contributed by atoms with Crippen LogP contribution in [0.1, 0.15) is 0 Å². The van der Waals surface area contributed by atoms with E-state index >= 15 is 0 Å². The van der Waals surface area contributed by atoms with E-state index in [1.54, 1.807) is 24.3 Å². The van der Waals surface area contributed by atoms with Gasteiger partial charge in [0.15, 0.2) is 5.11 Å². The Hall–Kier alpha value is -1.67. The summed E-state index contributed by atoms with van der Waals surface area (Å²) >= 11 is 6.59. The van der Waals surface area contributed by atoms with Gasteiger partial charge in [0.25, 0.3) is 0 Å². The number of hydrogen-bond acceptors (Lipinski definition) is 10. The fourth-order valence-corrected chi connectivity index (χ4v) is 4.86. The molecule has 1 aromatic carbocycles. The van der Waals surface area contributed by atoms with Gasteiger partial charge in [0, 0.05) is 5.75 Å². The third-order valence-corrected chi connectivity index (χ3v) is 6.33. The second-order valence-electron chi connectivity index (χ2n) is 6.52. The highest BCUT2D eigenvalue weighted by Crippen LogP contribution is 2.35. The van der Waals surface area contributed by atoms with Gasteiger partial charge in [-0.2, -0.15) is 0 Å². The largest absolute Gasteiger partial charge is 0.495 e. The van der Waals surface area contributed by atoms with Crippen LogP contribution >= 0.6 is 24.0 Å². The zero-order valence-corrected chi connectivity index (χ0v) is 18.0. The molecule has 2 rings (SSSR count). The van der Waals surface area contributed by atoms with Crippen molar-refractivity contribution in [3.8, 4) is 5.75 Å². The molecule has 0 aromatic heterocycles. The Balaban J connectivity index is 2.29. The van der Waals surface area contributed by atoms with Crippen LogP contribution < -0.4 is 10.1 Å². The number of anilines is 1. The highest BCUT2D eigenvalue weighted by Gasteiger charge is 2.47. The molecule has 168 valence electrons. The van der Waals surface area contributed by atoms with E-state index in [2.05, 4.69) is 5.32 Å². The molecular formula is C18H26N2O8S2. The minimum atomic E-state index is -1.81. The average Bonchev–Trinajstić information content (AvgIpc) is 3.22. The molecule has 0 radical (unpaired) electrons. The normalized spacial score (nSPS) is 22.7. The monoisotopic (exact) mass is 462 g/mol. The third kappa shape index (κ3) is 5.32. The smallest absolute Gasteiger partial charge is 0.329 e. The molecule has 0 saturated carbocycles. The van der Waals surface area contributed by atoms with Crippen molar-refractivity contribution in [2.45, 2.75) is 35.8 Å². The maximum absolute atomic E-state index is 12.3. The Morgan fingerprint density at radius 1 is 1.27 bits per heavy atom. The van der Waals surface area contributed by atoms with Crippen LogP contribution in [0.2, 0.25) is 0 Å². The molecule has 1 aromatic rings. The first-order valence-corrected chi connectivity index (χ1v) is 10.5. The number of ether oxygens (including phenoxy) is 2. The van der Waals surface area contributed by atoms with Crippen molar-refractivity contribution in [1.82, 2.24) is 4.90 Å². The Morgan fingerprint density at radius 2 is 1.93 bits per heavy atom. The van der Waals surface area contributed by atoms with Gasteiger partial charge in [0.05, 0.1) is 26.5 Å². The quantitative estimate of drug-likeness (QED) is 0.202. The number of thiocarbonyl (C=S) groups is 1. The van der Waals surface area contributed by atoms with Crippen LogP contribution in [0, 0.1) is 0 Å². The number of hydrogen-bond donors (Lipinski definition) is 6. The van der Waals surface area contributed by atoms with Crippen LogP contribution in [0.25, 0.3) is 0 Å². The Kier molecular flexibility index (Phi) is 9.09. The number of benzene rings is 1. The average molecular weight is 463 g/mol. The zero-order chi connectivity index (χ0) is 22.4. The van der Waals surface area contributed by atoms with E-state index in [1.165, 1.54) is 19.1 Å². The number of aliphatic hydroxyl groups excluding tert-OH is 5. The Labute approximate surface area is 183 Å². The molecule has 1 saturated heterocycles. The summed E-state index contributed by atoms with van der Waals surface area (Å²) in [6, 6.07) is 6.09.